The molecular formula is C17H19N3. The van der Waals surface area contributed by atoms with E-state index in [1.807, 2.05) is 35.2 Å². The molecule has 0 spiro atoms. The Balaban J connectivity index is 2.26. The van der Waals surface area contributed by atoms with E-state index in [9.17, 15) is 0 Å². The van der Waals surface area contributed by atoms with E-state index in [1.54, 1.807) is 0 Å². The Morgan fingerprint density at radius 1 is 1.00 bits per heavy atom. The molecule has 0 unspecified atom stereocenters. The van der Waals surface area contributed by atoms with E-state index in [-0.39, 0.29) is 5.54 Å². The SMILES string of the molecule is CCC(C)(C)N1C(=N)c2ccc3ccccc3c2C1=N. The molecule has 3 rings (SSSR count). The summed E-state index contributed by atoms with van der Waals surface area (Å²) in [5.74, 6) is 0.899. The molecule has 20 heavy (non-hydrogen) atoms. The van der Waals surface area contributed by atoms with Crippen molar-refractivity contribution in [3.05, 3.63) is 47.5 Å². The number of hydrogen-bond acceptors (Lipinski definition) is 2. The van der Waals surface area contributed by atoms with Crippen molar-refractivity contribution in [3.8, 4) is 0 Å². The molecule has 1 heterocycles. The molecule has 2 N–H and O–H groups in total. The molecule has 0 fully saturated rings. The number of nitrogens with one attached hydrogen (secondary N) is 2. The summed E-state index contributed by atoms with van der Waals surface area (Å²) in [7, 11) is 0. The summed E-state index contributed by atoms with van der Waals surface area (Å²) in [5, 5.41) is 19.2. The number of nitrogens with zero attached hydrogens (tertiary/aromatic N) is 1. The van der Waals surface area contributed by atoms with Crippen molar-refractivity contribution in [1.82, 2.24) is 4.90 Å². The van der Waals surface area contributed by atoms with Crippen LogP contribution in [0.3, 0.4) is 0 Å². The number of fused-ring (bicyclic) bond motifs is 3. The molecule has 2 aromatic rings. The highest BCUT2D eigenvalue weighted by molar-refractivity contribution is 6.28. The Hall–Kier alpha value is -2.16. The normalized spacial score (nSPS) is 15.1. The summed E-state index contributed by atoms with van der Waals surface area (Å²) >= 11 is 0. The van der Waals surface area contributed by atoms with Gasteiger partial charge in [-0.3, -0.25) is 10.8 Å². The molecule has 0 aliphatic carbocycles. The van der Waals surface area contributed by atoms with E-state index in [0.717, 1.165) is 28.3 Å². The van der Waals surface area contributed by atoms with Crippen LogP contribution in [0.4, 0.5) is 0 Å². The van der Waals surface area contributed by atoms with Gasteiger partial charge in [-0.2, -0.15) is 0 Å². The Morgan fingerprint density at radius 3 is 2.40 bits per heavy atom. The lowest BCUT2D eigenvalue weighted by Gasteiger charge is -2.35. The van der Waals surface area contributed by atoms with Crippen LogP contribution >= 0.6 is 0 Å². The molecule has 0 saturated carbocycles. The van der Waals surface area contributed by atoms with Gasteiger partial charge in [-0.05, 0) is 37.1 Å². The lowest BCUT2D eigenvalue weighted by molar-refractivity contribution is 0.302. The maximum Gasteiger partial charge on any atom is 0.135 e. The predicted octanol–water partition coefficient (Wildman–Crippen LogP) is 3.99. The summed E-state index contributed by atoms with van der Waals surface area (Å²) in [6.07, 6.45) is 0.893. The Labute approximate surface area is 119 Å². The second-order valence-corrected chi connectivity index (χ2v) is 5.91. The second-order valence-electron chi connectivity index (χ2n) is 5.91. The van der Waals surface area contributed by atoms with E-state index in [0.29, 0.717) is 11.7 Å². The second kappa shape index (κ2) is 4.17. The summed E-state index contributed by atoms with van der Waals surface area (Å²) in [4.78, 5) is 1.85. The Kier molecular flexibility index (Phi) is 2.68. The molecular weight excluding hydrogens is 246 g/mol. The van der Waals surface area contributed by atoms with Crippen LogP contribution in [0, 0.1) is 10.8 Å². The fourth-order valence-corrected chi connectivity index (χ4v) is 2.83. The number of amidine groups is 2. The molecule has 0 amide bonds. The van der Waals surface area contributed by atoms with Gasteiger partial charge in [0.1, 0.15) is 11.7 Å². The number of hydrogen-bond donors (Lipinski definition) is 2. The molecule has 3 heteroatoms. The van der Waals surface area contributed by atoms with Gasteiger partial charge in [-0.15, -0.1) is 0 Å². The van der Waals surface area contributed by atoms with Gasteiger partial charge in [0, 0.05) is 16.7 Å². The van der Waals surface area contributed by atoms with Crippen LogP contribution in [0.5, 0.6) is 0 Å². The van der Waals surface area contributed by atoms with Crippen LogP contribution in [-0.2, 0) is 0 Å². The smallest absolute Gasteiger partial charge is 0.135 e. The average molecular weight is 265 g/mol. The Morgan fingerprint density at radius 2 is 1.70 bits per heavy atom. The fourth-order valence-electron chi connectivity index (χ4n) is 2.83. The third-order valence-electron chi connectivity index (χ3n) is 4.34. The van der Waals surface area contributed by atoms with E-state index in [2.05, 4.69) is 26.8 Å². The van der Waals surface area contributed by atoms with E-state index in [4.69, 9.17) is 10.8 Å². The summed E-state index contributed by atoms with van der Waals surface area (Å²) in [6, 6.07) is 12.1. The van der Waals surface area contributed by atoms with Crippen LogP contribution in [0.15, 0.2) is 36.4 Å². The highest BCUT2D eigenvalue weighted by Crippen LogP contribution is 2.35. The first-order chi connectivity index (χ1) is 9.47. The zero-order valence-corrected chi connectivity index (χ0v) is 12.1. The van der Waals surface area contributed by atoms with Gasteiger partial charge < -0.3 is 4.90 Å². The van der Waals surface area contributed by atoms with Crippen molar-refractivity contribution in [1.29, 1.82) is 10.8 Å². The van der Waals surface area contributed by atoms with E-state index < -0.39 is 0 Å². The van der Waals surface area contributed by atoms with Gasteiger partial charge in [0.25, 0.3) is 0 Å². The first kappa shape index (κ1) is 12.9. The molecule has 0 saturated heterocycles. The topological polar surface area (TPSA) is 50.9 Å². The van der Waals surface area contributed by atoms with E-state index in [1.165, 1.54) is 0 Å². The van der Waals surface area contributed by atoms with Crippen LogP contribution in [0.1, 0.15) is 38.3 Å². The van der Waals surface area contributed by atoms with Crippen LogP contribution in [-0.4, -0.2) is 22.1 Å². The number of benzene rings is 2. The van der Waals surface area contributed by atoms with Gasteiger partial charge in [0.15, 0.2) is 0 Å². The lowest BCUT2D eigenvalue weighted by Crippen LogP contribution is -2.47. The third-order valence-corrected chi connectivity index (χ3v) is 4.34. The van der Waals surface area contributed by atoms with Crippen molar-refractivity contribution in [2.75, 3.05) is 0 Å². The molecule has 0 aromatic heterocycles. The fraction of sp³-hybridized carbons (Fsp3) is 0.294. The minimum Gasteiger partial charge on any atom is -0.305 e. The standard InChI is InChI=1S/C17H19N3/c1-4-17(2,3)20-15(18)13-10-9-11-7-5-6-8-12(11)14(13)16(20)19/h5-10,18-19H,4H2,1-3H3. The summed E-state index contributed by atoms with van der Waals surface area (Å²) < 4.78 is 0. The lowest BCUT2D eigenvalue weighted by atomic mass is 9.99. The van der Waals surface area contributed by atoms with Gasteiger partial charge in [0.05, 0.1) is 0 Å². The maximum atomic E-state index is 8.54. The van der Waals surface area contributed by atoms with Crippen molar-refractivity contribution < 1.29 is 0 Å². The quantitative estimate of drug-likeness (QED) is 0.847. The number of rotatable bonds is 2. The van der Waals surface area contributed by atoms with Crippen molar-refractivity contribution in [2.45, 2.75) is 32.7 Å². The zero-order chi connectivity index (χ0) is 14.5. The first-order valence-electron chi connectivity index (χ1n) is 6.97. The van der Waals surface area contributed by atoms with Crippen LogP contribution in [0.25, 0.3) is 10.8 Å². The highest BCUT2D eigenvalue weighted by Gasteiger charge is 2.39. The minimum absolute atomic E-state index is 0.214. The molecule has 2 aromatic carbocycles. The third kappa shape index (κ3) is 1.59. The van der Waals surface area contributed by atoms with E-state index >= 15 is 0 Å². The molecule has 0 radical (unpaired) electrons. The monoisotopic (exact) mass is 265 g/mol. The maximum absolute atomic E-state index is 8.54. The van der Waals surface area contributed by atoms with Gasteiger partial charge in [0.2, 0.25) is 0 Å². The van der Waals surface area contributed by atoms with Crippen molar-refractivity contribution in [2.24, 2.45) is 0 Å². The first-order valence-corrected chi connectivity index (χ1v) is 6.97. The zero-order valence-electron chi connectivity index (χ0n) is 12.1. The predicted molar refractivity (Wildman–Crippen MR) is 83.8 cm³/mol. The van der Waals surface area contributed by atoms with Crippen molar-refractivity contribution >= 4 is 22.4 Å². The molecule has 1 aliphatic heterocycles. The molecule has 3 nitrogen and oxygen atoms in total. The van der Waals surface area contributed by atoms with Crippen LogP contribution in [0.2, 0.25) is 0 Å². The molecule has 0 atom stereocenters. The minimum atomic E-state index is -0.214. The highest BCUT2D eigenvalue weighted by atomic mass is 15.3. The molecule has 0 bridgehead atoms. The average Bonchev–Trinajstić information content (AvgIpc) is 2.71. The van der Waals surface area contributed by atoms with Gasteiger partial charge in [-0.25, -0.2) is 0 Å². The summed E-state index contributed by atoms with van der Waals surface area (Å²) in [5.41, 5.74) is 1.55. The molecule has 1 aliphatic rings. The molecule has 102 valence electrons. The largest absolute Gasteiger partial charge is 0.305 e. The van der Waals surface area contributed by atoms with Crippen LogP contribution < -0.4 is 0 Å². The van der Waals surface area contributed by atoms with Gasteiger partial charge in [-0.1, -0.05) is 37.3 Å². The van der Waals surface area contributed by atoms with Gasteiger partial charge >= 0.3 is 0 Å². The summed E-state index contributed by atoms with van der Waals surface area (Å²) in [6.45, 7) is 6.27. The Bertz CT molecular complexity index is 728. The van der Waals surface area contributed by atoms with Crippen molar-refractivity contribution in [3.63, 3.8) is 0 Å².